The monoisotopic (exact) mass is 416 g/mol. The fraction of sp³-hybridized carbons (Fsp3) is 0.182. The highest BCUT2D eigenvalue weighted by atomic mass is 19.4. The molecule has 0 aliphatic rings. The number of benzene rings is 3. The number of carbonyl (C=O) groups is 2. The van der Waals surface area contributed by atoms with Crippen molar-refractivity contribution in [3.8, 4) is 5.75 Å². The van der Waals surface area contributed by atoms with Crippen LogP contribution in [0.3, 0.4) is 0 Å². The highest BCUT2D eigenvalue weighted by Crippen LogP contribution is 2.20. The quantitative estimate of drug-likeness (QED) is 0.610. The number of nitrogens with one attached hydrogen (secondary N) is 2. The normalized spacial score (nSPS) is 11.2. The van der Waals surface area contributed by atoms with Gasteiger partial charge in [-0.2, -0.15) is 13.2 Å². The second-order valence-electron chi connectivity index (χ2n) is 6.61. The van der Waals surface area contributed by atoms with Crippen LogP contribution in [0, 0.1) is 0 Å². The molecule has 3 aromatic carbocycles. The highest BCUT2D eigenvalue weighted by Gasteiger charge is 2.27. The molecule has 0 atom stereocenters. The Labute approximate surface area is 170 Å². The van der Waals surface area contributed by atoms with Gasteiger partial charge in [0.2, 0.25) is 5.91 Å². The summed E-state index contributed by atoms with van der Waals surface area (Å²) in [4.78, 5) is 23.6. The van der Waals surface area contributed by atoms with Crippen LogP contribution in [0.2, 0.25) is 0 Å². The van der Waals surface area contributed by atoms with E-state index in [4.69, 9.17) is 4.74 Å². The van der Waals surface area contributed by atoms with Gasteiger partial charge in [0.05, 0.1) is 6.42 Å². The molecule has 0 aliphatic carbocycles. The predicted molar refractivity (Wildman–Crippen MR) is 107 cm³/mol. The number of halogens is 3. The molecule has 5 nitrogen and oxygen atoms in total. The first-order valence-corrected chi connectivity index (χ1v) is 9.12. The van der Waals surface area contributed by atoms with E-state index in [0.717, 1.165) is 10.8 Å². The van der Waals surface area contributed by atoms with E-state index >= 15 is 0 Å². The second kappa shape index (κ2) is 9.30. The topological polar surface area (TPSA) is 67.4 Å². The van der Waals surface area contributed by atoms with E-state index in [1.165, 1.54) is 0 Å². The van der Waals surface area contributed by atoms with Gasteiger partial charge >= 0.3 is 6.18 Å². The van der Waals surface area contributed by atoms with Gasteiger partial charge in [-0.3, -0.25) is 9.59 Å². The zero-order valence-electron chi connectivity index (χ0n) is 15.8. The number of alkyl halides is 3. The minimum absolute atomic E-state index is 0.181. The summed E-state index contributed by atoms with van der Waals surface area (Å²) in [5.74, 6) is -0.518. The highest BCUT2D eigenvalue weighted by molar-refractivity contribution is 5.92. The zero-order valence-corrected chi connectivity index (χ0v) is 15.8. The molecule has 0 fully saturated rings. The summed E-state index contributed by atoms with van der Waals surface area (Å²) in [6.07, 6.45) is -4.63. The van der Waals surface area contributed by atoms with Gasteiger partial charge < -0.3 is 15.4 Å². The molecular formula is C22H19F3N2O3. The molecule has 30 heavy (non-hydrogen) atoms. The van der Waals surface area contributed by atoms with Crippen LogP contribution in [0.25, 0.3) is 10.8 Å². The molecule has 0 radical (unpaired) electrons. The number of rotatable bonds is 7. The number of fused-ring (bicyclic) bond motifs is 1. The average molecular weight is 416 g/mol. The fourth-order valence-corrected chi connectivity index (χ4v) is 2.76. The Hall–Kier alpha value is -3.55. The minimum Gasteiger partial charge on any atom is -0.484 e. The maximum absolute atomic E-state index is 12.1. The van der Waals surface area contributed by atoms with Crippen molar-refractivity contribution in [1.29, 1.82) is 0 Å². The van der Waals surface area contributed by atoms with Gasteiger partial charge in [-0.25, -0.2) is 0 Å². The van der Waals surface area contributed by atoms with E-state index in [9.17, 15) is 22.8 Å². The van der Waals surface area contributed by atoms with Crippen LogP contribution in [0.1, 0.15) is 5.56 Å². The van der Waals surface area contributed by atoms with E-state index in [0.29, 0.717) is 17.0 Å². The Balaban J connectivity index is 1.47. The molecule has 0 saturated heterocycles. The molecular weight excluding hydrogens is 397 g/mol. The Morgan fingerprint density at radius 1 is 0.867 bits per heavy atom. The van der Waals surface area contributed by atoms with Gasteiger partial charge in [-0.05, 0) is 40.6 Å². The Morgan fingerprint density at radius 2 is 1.57 bits per heavy atom. The first-order chi connectivity index (χ1) is 14.3. The van der Waals surface area contributed by atoms with Crippen molar-refractivity contribution in [2.75, 3.05) is 18.5 Å². The first-order valence-electron chi connectivity index (χ1n) is 9.12. The van der Waals surface area contributed by atoms with Crippen LogP contribution in [-0.4, -0.2) is 31.1 Å². The lowest BCUT2D eigenvalue weighted by molar-refractivity contribution is -0.138. The lowest BCUT2D eigenvalue weighted by Gasteiger charge is -2.10. The molecule has 8 heteroatoms. The van der Waals surface area contributed by atoms with Crippen LogP contribution >= 0.6 is 0 Å². The summed E-state index contributed by atoms with van der Waals surface area (Å²) in [6.45, 7) is -1.54. The molecule has 0 heterocycles. The maximum Gasteiger partial charge on any atom is 0.405 e. The molecule has 2 N–H and O–H groups in total. The summed E-state index contributed by atoms with van der Waals surface area (Å²) in [7, 11) is 0. The van der Waals surface area contributed by atoms with E-state index in [2.05, 4.69) is 5.32 Å². The Morgan fingerprint density at radius 3 is 2.27 bits per heavy atom. The number of hydrogen-bond acceptors (Lipinski definition) is 3. The summed E-state index contributed by atoms with van der Waals surface area (Å²) in [5, 5.41) is 6.55. The largest absolute Gasteiger partial charge is 0.484 e. The molecule has 0 aliphatic heterocycles. The van der Waals surface area contributed by atoms with E-state index in [-0.39, 0.29) is 18.9 Å². The van der Waals surface area contributed by atoms with E-state index in [1.54, 1.807) is 30.3 Å². The van der Waals surface area contributed by atoms with Gasteiger partial charge in [-0.15, -0.1) is 0 Å². The Bertz CT molecular complexity index is 1030. The third-order valence-electron chi connectivity index (χ3n) is 4.18. The first kappa shape index (κ1) is 21.2. The van der Waals surface area contributed by atoms with Crippen molar-refractivity contribution in [2.24, 2.45) is 0 Å². The summed E-state index contributed by atoms with van der Waals surface area (Å²) >= 11 is 0. The molecule has 0 saturated carbocycles. The third-order valence-corrected chi connectivity index (χ3v) is 4.18. The second-order valence-corrected chi connectivity index (χ2v) is 6.61. The van der Waals surface area contributed by atoms with Crippen molar-refractivity contribution >= 4 is 28.3 Å². The molecule has 0 spiro atoms. The van der Waals surface area contributed by atoms with Crippen molar-refractivity contribution in [3.63, 3.8) is 0 Å². The number of carbonyl (C=O) groups excluding carboxylic acids is 2. The molecule has 3 rings (SSSR count). The summed E-state index contributed by atoms with van der Waals surface area (Å²) in [6, 6.07) is 19.6. The molecule has 0 bridgehead atoms. The third kappa shape index (κ3) is 6.51. The standard InChI is InChI=1S/C22H19F3N2O3/c23-22(24,25)14-26-20(28)11-15-5-8-18(9-6-15)27-21(29)13-30-19-10-7-16-3-1-2-4-17(16)12-19/h1-10,12H,11,13-14H2,(H,26,28)(H,27,29). The van der Waals surface area contributed by atoms with Crippen LogP contribution < -0.4 is 15.4 Å². The lowest BCUT2D eigenvalue weighted by atomic mass is 10.1. The zero-order chi connectivity index (χ0) is 21.6. The van der Waals surface area contributed by atoms with Crippen LogP contribution in [0.15, 0.2) is 66.7 Å². The summed E-state index contributed by atoms with van der Waals surface area (Å²) in [5.41, 5.74) is 1.02. The van der Waals surface area contributed by atoms with Crippen molar-refractivity contribution in [2.45, 2.75) is 12.6 Å². The van der Waals surface area contributed by atoms with Crippen molar-refractivity contribution in [1.82, 2.24) is 5.32 Å². The molecule has 2 amide bonds. The molecule has 0 aromatic heterocycles. The molecule has 3 aromatic rings. The van der Waals surface area contributed by atoms with Gasteiger partial charge in [0.1, 0.15) is 12.3 Å². The fourth-order valence-electron chi connectivity index (χ4n) is 2.76. The number of amides is 2. The number of ether oxygens (including phenoxy) is 1. The van der Waals surface area contributed by atoms with Gasteiger partial charge in [0.25, 0.3) is 5.91 Å². The molecule has 156 valence electrons. The average Bonchev–Trinajstić information content (AvgIpc) is 2.71. The SMILES string of the molecule is O=C(Cc1ccc(NC(=O)COc2ccc3ccccc3c2)cc1)NCC(F)(F)F. The van der Waals surface area contributed by atoms with E-state index < -0.39 is 18.6 Å². The van der Waals surface area contributed by atoms with E-state index in [1.807, 2.05) is 41.7 Å². The van der Waals surface area contributed by atoms with Crippen LogP contribution in [0.4, 0.5) is 18.9 Å². The lowest BCUT2D eigenvalue weighted by Crippen LogP contribution is -2.34. The number of anilines is 1. The predicted octanol–water partition coefficient (Wildman–Crippen LogP) is 4.08. The van der Waals surface area contributed by atoms with Gasteiger partial charge in [0.15, 0.2) is 6.61 Å². The smallest absolute Gasteiger partial charge is 0.405 e. The number of hydrogen-bond donors (Lipinski definition) is 2. The van der Waals surface area contributed by atoms with Gasteiger partial charge in [-0.1, -0.05) is 42.5 Å². The summed E-state index contributed by atoms with van der Waals surface area (Å²) < 4.78 is 41.8. The minimum atomic E-state index is -4.45. The van der Waals surface area contributed by atoms with Crippen molar-refractivity contribution in [3.05, 3.63) is 72.3 Å². The Kier molecular flexibility index (Phi) is 6.56. The van der Waals surface area contributed by atoms with Gasteiger partial charge in [0, 0.05) is 5.69 Å². The van der Waals surface area contributed by atoms with Crippen molar-refractivity contribution < 1.29 is 27.5 Å². The maximum atomic E-state index is 12.1. The molecule has 0 unspecified atom stereocenters. The van der Waals surface area contributed by atoms with Crippen LogP contribution in [-0.2, 0) is 16.0 Å². The van der Waals surface area contributed by atoms with Crippen LogP contribution in [0.5, 0.6) is 5.75 Å².